The van der Waals surface area contributed by atoms with Gasteiger partial charge in [0, 0.05) is 25.4 Å². The van der Waals surface area contributed by atoms with Gasteiger partial charge in [0.25, 0.3) is 0 Å². The maximum absolute atomic E-state index is 11.5. The molecule has 0 saturated carbocycles. The van der Waals surface area contributed by atoms with Crippen molar-refractivity contribution in [1.29, 1.82) is 0 Å². The SMILES string of the molecule is O=C(Cc1cccnc1)N[C@@H](CCO)C(=O)O. The van der Waals surface area contributed by atoms with E-state index in [1.54, 1.807) is 24.5 Å². The Morgan fingerprint density at radius 1 is 1.47 bits per heavy atom. The molecule has 0 aliphatic rings. The Morgan fingerprint density at radius 3 is 2.76 bits per heavy atom. The molecule has 6 nitrogen and oxygen atoms in total. The van der Waals surface area contributed by atoms with Crippen LogP contribution in [-0.4, -0.2) is 39.7 Å². The Bertz CT molecular complexity index is 380. The van der Waals surface area contributed by atoms with Crippen molar-refractivity contribution < 1.29 is 19.8 Å². The number of amides is 1. The largest absolute Gasteiger partial charge is 0.480 e. The van der Waals surface area contributed by atoms with Gasteiger partial charge in [-0.05, 0) is 11.6 Å². The highest BCUT2D eigenvalue weighted by Gasteiger charge is 2.18. The summed E-state index contributed by atoms with van der Waals surface area (Å²) in [4.78, 5) is 26.1. The van der Waals surface area contributed by atoms with Gasteiger partial charge < -0.3 is 15.5 Å². The molecule has 3 N–H and O–H groups in total. The molecule has 1 amide bonds. The Morgan fingerprint density at radius 2 is 2.24 bits per heavy atom. The molecule has 0 aliphatic heterocycles. The van der Waals surface area contributed by atoms with Gasteiger partial charge in [0.05, 0.1) is 6.42 Å². The number of nitrogens with zero attached hydrogens (tertiary/aromatic N) is 1. The smallest absolute Gasteiger partial charge is 0.326 e. The number of aromatic nitrogens is 1. The number of aliphatic carboxylic acids is 1. The van der Waals surface area contributed by atoms with Crippen LogP contribution >= 0.6 is 0 Å². The van der Waals surface area contributed by atoms with E-state index in [0.29, 0.717) is 5.56 Å². The summed E-state index contributed by atoms with van der Waals surface area (Å²) >= 11 is 0. The van der Waals surface area contributed by atoms with Crippen LogP contribution in [0.2, 0.25) is 0 Å². The maximum Gasteiger partial charge on any atom is 0.326 e. The number of rotatable bonds is 6. The molecule has 0 unspecified atom stereocenters. The number of pyridine rings is 1. The number of aliphatic hydroxyl groups excluding tert-OH is 1. The predicted molar refractivity (Wildman–Crippen MR) is 59.2 cm³/mol. The number of aliphatic hydroxyl groups is 1. The standard InChI is InChI=1S/C11H14N2O4/c14-5-3-9(11(16)17)13-10(15)6-8-2-1-4-12-7-8/h1-2,4,7,9,14H,3,5-6H2,(H,13,15)(H,16,17)/t9-/m0/s1. The second-order valence-corrected chi connectivity index (χ2v) is 3.51. The zero-order chi connectivity index (χ0) is 12.7. The van der Waals surface area contributed by atoms with Gasteiger partial charge in [-0.25, -0.2) is 4.79 Å². The first-order valence-corrected chi connectivity index (χ1v) is 5.15. The topological polar surface area (TPSA) is 99.5 Å². The van der Waals surface area contributed by atoms with Gasteiger partial charge >= 0.3 is 5.97 Å². The third-order valence-corrected chi connectivity index (χ3v) is 2.14. The summed E-state index contributed by atoms with van der Waals surface area (Å²) in [5.74, 6) is -1.56. The second kappa shape index (κ2) is 6.59. The minimum atomic E-state index is -1.15. The summed E-state index contributed by atoms with van der Waals surface area (Å²) in [5, 5.41) is 19.8. The van der Waals surface area contributed by atoms with Crippen LogP contribution in [0.5, 0.6) is 0 Å². The van der Waals surface area contributed by atoms with Crippen molar-refractivity contribution in [3.05, 3.63) is 30.1 Å². The number of nitrogens with one attached hydrogen (secondary N) is 1. The van der Waals surface area contributed by atoms with E-state index < -0.39 is 17.9 Å². The highest BCUT2D eigenvalue weighted by atomic mass is 16.4. The lowest BCUT2D eigenvalue weighted by molar-refractivity contribution is -0.142. The Kier molecular flexibility index (Phi) is 5.09. The molecule has 1 aromatic heterocycles. The van der Waals surface area contributed by atoms with E-state index in [9.17, 15) is 9.59 Å². The molecule has 0 aromatic carbocycles. The fraction of sp³-hybridized carbons (Fsp3) is 0.364. The molecule has 6 heteroatoms. The van der Waals surface area contributed by atoms with Gasteiger partial charge in [0.1, 0.15) is 6.04 Å². The van der Waals surface area contributed by atoms with Crippen LogP contribution in [0.1, 0.15) is 12.0 Å². The normalized spacial score (nSPS) is 11.8. The third-order valence-electron chi connectivity index (χ3n) is 2.14. The highest BCUT2D eigenvalue weighted by molar-refractivity contribution is 5.84. The van der Waals surface area contributed by atoms with Gasteiger partial charge in [-0.3, -0.25) is 9.78 Å². The zero-order valence-electron chi connectivity index (χ0n) is 9.17. The lowest BCUT2D eigenvalue weighted by atomic mass is 10.1. The summed E-state index contributed by atoms with van der Waals surface area (Å²) in [6.45, 7) is -0.288. The van der Waals surface area contributed by atoms with Gasteiger partial charge in [0.2, 0.25) is 5.91 Å². The van der Waals surface area contributed by atoms with Crippen LogP contribution < -0.4 is 5.32 Å². The van der Waals surface area contributed by atoms with Crippen molar-refractivity contribution in [1.82, 2.24) is 10.3 Å². The molecule has 1 aromatic rings. The Hall–Kier alpha value is -1.95. The van der Waals surface area contributed by atoms with E-state index in [1.807, 2.05) is 0 Å². The lowest BCUT2D eigenvalue weighted by Gasteiger charge is -2.12. The molecular formula is C11H14N2O4. The summed E-state index contributed by atoms with van der Waals surface area (Å²) < 4.78 is 0. The number of carboxylic acid groups (broad SMARTS) is 1. The number of carboxylic acids is 1. The molecule has 1 atom stereocenters. The summed E-state index contributed by atoms with van der Waals surface area (Å²) in [6, 6.07) is 2.38. The van der Waals surface area contributed by atoms with Crippen LogP contribution in [0, 0.1) is 0 Å². The van der Waals surface area contributed by atoms with Crippen LogP contribution in [0.15, 0.2) is 24.5 Å². The summed E-state index contributed by atoms with van der Waals surface area (Å²) in [7, 11) is 0. The maximum atomic E-state index is 11.5. The van der Waals surface area contributed by atoms with Crippen LogP contribution in [0.4, 0.5) is 0 Å². The fourth-order valence-electron chi connectivity index (χ4n) is 1.32. The quantitative estimate of drug-likeness (QED) is 0.625. The molecule has 0 aliphatic carbocycles. The van der Waals surface area contributed by atoms with E-state index in [0.717, 1.165) is 0 Å². The van der Waals surface area contributed by atoms with Crippen molar-refractivity contribution in [2.45, 2.75) is 18.9 Å². The summed E-state index contributed by atoms with van der Waals surface area (Å²) in [5.41, 5.74) is 0.707. The van der Waals surface area contributed by atoms with E-state index in [1.165, 1.54) is 0 Å². The Balaban J connectivity index is 2.51. The number of hydrogen-bond acceptors (Lipinski definition) is 4. The fourth-order valence-corrected chi connectivity index (χ4v) is 1.32. The molecule has 0 radical (unpaired) electrons. The molecule has 1 heterocycles. The first kappa shape index (κ1) is 13.1. The average molecular weight is 238 g/mol. The lowest BCUT2D eigenvalue weighted by Crippen LogP contribution is -2.42. The van der Waals surface area contributed by atoms with Crippen molar-refractivity contribution in [3.8, 4) is 0 Å². The van der Waals surface area contributed by atoms with Crippen molar-refractivity contribution in [3.63, 3.8) is 0 Å². The minimum absolute atomic E-state index is 0.00584. The third kappa shape index (κ3) is 4.60. The second-order valence-electron chi connectivity index (χ2n) is 3.51. The first-order chi connectivity index (χ1) is 8.13. The molecular weight excluding hydrogens is 224 g/mol. The molecule has 17 heavy (non-hydrogen) atoms. The van der Waals surface area contributed by atoms with E-state index in [4.69, 9.17) is 10.2 Å². The van der Waals surface area contributed by atoms with Gasteiger partial charge in [-0.2, -0.15) is 0 Å². The molecule has 0 saturated heterocycles. The predicted octanol–water partition coefficient (Wildman–Crippen LogP) is -0.424. The number of carbonyl (C=O) groups excluding carboxylic acids is 1. The van der Waals surface area contributed by atoms with E-state index >= 15 is 0 Å². The number of carbonyl (C=O) groups is 2. The van der Waals surface area contributed by atoms with Gasteiger partial charge in [-0.1, -0.05) is 6.07 Å². The van der Waals surface area contributed by atoms with Gasteiger partial charge in [-0.15, -0.1) is 0 Å². The van der Waals surface area contributed by atoms with Gasteiger partial charge in [0.15, 0.2) is 0 Å². The van der Waals surface area contributed by atoms with E-state index in [-0.39, 0.29) is 19.4 Å². The zero-order valence-corrected chi connectivity index (χ0v) is 9.17. The molecule has 1 rings (SSSR count). The molecule has 92 valence electrons. The first-order valence-electron chi connectivity index (χ1n) is 5.15. The molecule has 0 bridgehead atoms. The minimum Gasteiger partial charge on any atom is -0.480 e. The molecule has 0 fully saturated rings. The van der Waals surface area contributed by atoms with Crippen molar-refractivity contribution >= 4 is 11.9 Å². The monoisotopic (exact) mass is 238 g/mol. The van der Waals surface area contributed by atoms with E-state index in [2.05, 4.69) is 10.3 Å². The Labute approximate surface area is 98.3 Å². The van der Waals surface area contributed by atoms with Crippen LogP contribution in [-0.2, 0) is 16.0 Å². The van der Waals surface area contributed by atoms with Crippen LogP contribution in [0.3, 0.4) is 0 Å². The molecule has 0 spiro atoms. The van der Waals surface area contributed by atoms with Crippen LogP contribution in [0.25, 0.3) is 0 Å². The van der Waals surface area contributed by atoms with Crippen molar-refractivity contribution in [2.75, 3.05) is 6.61 Å². The highest BCUT2D eigenvalue weighted by Crippen LogP contribution is 1.98. The van der Waals surface area contributed by atoms with Crippen molar-refractivity contribution in [2.24, 2.45) is 0 Å². The number of hydrogen-bond donors (Lipinski definition) is 3. The average Bonchev–Trinajstić information content (AvgIpc) is 2.29. The summed E-state index contributed by atoms with van der Waals surface area (Å²) in [6.07, 6.45) is 3.20.